The average molecular weight is 256 g/mol. The molecule has 0 bridgehead atoms. The molecule has 1 aliphatic rings. The van der Waals surface area contributed by atoms with Crippen LogP contribution in [0.3, 0.4) is 0 Å². The number of ketones is 1. The lowest BCUT2D eigenvalue weighted by Crippen LogP contribution is -2.12. The van der Waals surface area contributed by atoms with Crippen molar-refractivity contribution in [1.29, 1.82) is 5.26 Å². The largest absolute Gasteiger partial charge is 0.481 e. The summed E-state index contributed by atoms with van der Waals surface area (Å²) >= 11 is 0. The van der Waals surface area contributed by atoms with E-state index in [0.29, 0.717) is 11.6 Å². The second-order valence-corrected chi connectivity index (χ2v) is 4.62. The van der Waals surface area contributed by atoms with Gasteiger partial charge in [-0.15, -0.1) is 0 Å². The Labute approximate surface area is 112 Å². The molecule has 0 spiro atoms. The van der Waals surface area contributed by atoms with Gasteiger partial charge >= 0.3 is 0 Å². The molecule has 0 radical (unpaired) electrons. The number of nitrogens with zero attached hydrogens (tertiary/aromatic N) is 2. The first-order valence-electron chi connectivity index (χ1n) is 6.41. The predicted molar refractivity (Wildman–Crippen MR) is 71.3 cm³/mol. The van der Waals surface area contributed by atoms with E-state index in [4.69, 9.17) is 10.00 Å². The second kappa shape index (κ2) is 6.14. The summed E-state index contributed by atoms with van der Waals surface area (Å²) in [5, 5.41) is 9.15. The van der Waals surface area contributed by atoms with Crippen molar-refractivity contribution in [2.45, 2.75) is 25.7 Å². The summed E-state index contributed by atoms with van der Waals surface area (Å²) in [6.45, 7) is 0. The Morgan fingerprint density at radius 2 is 2.21 bits per heavy atom. The zero-order valence-corrected chi connectivity index (χ0v) is 10.9. The topological polar surface area (TPSA) is 63.0 Å². The lowest BCUT2D eigenvalue weighted by atomic mass is 9.96. The molecule has 4 heteroatoms. The number of aromatic nitrogens is 1. The first kappa shape index (κ1) is 13.3. The highest BCUT2D eigenvalue weighted by Crippen LogP contribution is 2.28. The van der Waals surface area contributed by atoms with E-state index in [0.717, 1.165) is 25.7 Å². The van der Waals surface area contributed by atoms with Gasteiger partial charge in [0.05, 0.1) is 18.4 Å². The summed E-state index contributed by atoms with van der Waals surface area (Å²) in [4.78, 5) is 16.4. The third-order valence-electron chi connectivity index (χ3n) is 3.36. The molecular formula is C15H16N2O2. The average Bonchev–Trinajstić information content (AvgIpc) is 2.98. The Kier molecular flexibility index (Phi) is 4.30. The molecule has 0 saturated heterocycles. The van der Waals surface area contributed by atoms with E-state index in [-0.39, 0.29) is 17.3 Å². The normalized spacial score (nSPS) is 16.1. The van der Waals surface area contributed by atoms with E-state index in [1.807, 2.05) is 6.07 Å². The van der Waals surface area contributed by atoms with Crippen LogP contribution in [0.2, 0.25) is 0 Å². The van der Waals surface area contributed by atoms with Crippen LogP contribution in [0, 0.1) is 17.2 Å². The summed E-state index contributed by atoms with van der Waals surface area (Å²) < 4.78 is 5.02. The fourth-order valence-electron chi connectivity index (χ4n) is 2.34. The summed E-state index contributed by atoms with van der Waals surface area (Å²) in [5.74, 6) is 0.431. The maximum absolute atomic E-state index is 12.2. The number of carbonyl (C=O) groups is 1. The van der Waals surface area contributed by atoms with Crippen LogP contribution in [0.1, 0.15) is 31.4 Å². The molecule has 1 aliphatic carbocycles. The molecule has 1 aromatic rings. The monoisotopic (exact) mass is 256 g/mol. The number of nitriles is 1. The summed E-state index contributed by atoms with van der Waals surface area (Å²) in [7, 11) is 1.53. The van der Waals surface area contributed by atoms with Crippen molar-refractivity contribution < 1.29 is 9.53 Å². The number of rotatable bonds is 4. The SMILES string of the molecule is COc1cccc(/C=C(\C#N)C(=O)C2CCCC2)n1. The summed E-state index contributed by atoms with van der Waals surface area (Å²) in [6, 6.07) is 7.26. The van der Waals surface area contributed by atoms with Crippen molar-refractivity contribution in [1.82, 2.24) is 4.98 Å². The second-order valence-electron chi connectivity index (χ2n) is 4.62. The number of hydrogen-bond acceptors (Lipinski definition) is 4. The lowest BCUT2D eigenvalue weighted by molar-refractivity contribution is -0.118. The van der Waals surface area contributed by atoms with Crippen LogP contribution >= 0.6 is 0 Å². The minimum atomic E-state index is -0.0513. The van der Waals surface area contributed by atoms with E-state index < -0.39 is 0 Å². The Bertz CT molecular complexity index is 537. The molecule has 4 nitrogen and oxygen atoms in total. The number of pyridine rings is 1. The third-order valence-corrected chi connectivity index (χ3v) is 3.36. The van der Waals surface area contributed by atoms with Crippen molar-refractivity contribution in [2.24, 2.45) is 5.92 Å². The Morgan fingerprint density at radius 3 is 2.84 bits per heavy atom. The molecule has 1 fully saturated rings. The van der Waals surface area contributed by atoms with E-state index >= 15 is 0 Å². The Hall–Kier alpha value is -2.15. The van der Waals surface area contributed by atoms with Crippen LogP contribution in [0.4, 0.5) is 0 Å². The fourth-order valence-corrected chi connectivity index (χ4v) is 2.34. The van der Waals surface area contributed by atoms with Crippen LogP contribution in [0.5, 0.6) is 5.88 Å². The van der Waals surface area contributed by atoms with Gasteiger partial charge in [-0.3, -0.25) is 4.79 Å². The predicted octanol–water partition coefficient (Wildman–Crippen LogP) is 2.76. The van der Waals surface area contributed by atoms with Crippen molar-refractivity contribution in [3.05, 3.63) is 29.5 Å². The molecule has 19 heavy (non-hydrogen) atoms. The molecule has 0 N–H and O–H groups in total. The van der Waals surface area contributed by atoms with Gasteiger partial charge in [0.1, 0.15) is 6.07 Å². The minimum Gasteiger partial charge on any atom is -0.481 e. The minimum absolute atomic E-state index is 0.0107. The van der Waals surface area contributed by atoms with Gasteiger partial charge in [-0.2, -0.15) is 5.26 Å². The van der Waals surface area contributed by atoms with Gasteiger partial charge in [0, 0.05) is 12.0 Å². The number of ether oxygens (including phenoxy) is 1. The lowest BCUT2D eigenvalue weighted by Gasteiger charge is -2.06. The van der Waals surface area contributed by atoms with Gasteiger partial charge < -0.3 is 4.74 Å². The molecule has 0 unspecified atom stereocenters. The maximum Gasteiger partial charge on any atom is 0.213 e. The highest BCUT2D eigenvalue weighted by Gasteiger charge is 2.25. The molecule has 1 heterocycles. The molecule has 0 aliphatic heterocycles. The Morgan fingerprint density at radius 1 is 1.47 bits per heavy atom. The molecular weight excluding hydrogens is 240 g/mol. The number of allylic oxidation sites excluding steroid dienone is 1. The van der Waals surface area contributed by atoms with Crippen LogP contribution in [-0.2, 0) is 4.79 Å². The van der Waals surface area contributed by atoms with Gasteiger partial charge in [-0.25, -0.2) is 4.98 Å². The van der Waals surface area contributed by atoms with Crippen molar-refractivity contribution in [2.75, 3.05) is 7.11 Å². The fraction of sp³-hybridized carbons (Fsp3) is 0.400. The molecule has 2 rings (SSSR count). The highest BCUT2D eigenvalue weighted by atomic mass is 16.5. The van der Waals surface area contributed by atoms with Gasteiger partial charge in [-0.1, -0.05) is 18.9 Å². The van der Waals surface area contributed by atoms with Crippen molar-refractivity contribution in [3.63, 3.8) is 0 Å². The third kappa shape index (κ3) is 3.19. The molecule has 0 aromatic carbocycles. The van der Waals surface area contributed by atoms with Crippen molar-refractivity contribution >= 4 is 11.9 Å². The van der Waals surface area contributed by atoms with Crippen LogP contribution < -0.4 is 4.74 Å². The zero-order chi connectivity index (χ0) is 13.7. The number of Topliss-reactive ketones (excluding diaryl/α,β-unsaturated/α-hetero) is 1. The summed E-state index contributed by atoms with van der Waals surface area (Å²) in [6.07, 6.45) is 5.48. The smallest absolute Gasteiger partial charge is 0.213 e. The molecule has 1 aromatic heterocycles. The van der Waals surface area contributed by atoms with Crippen molar-refractivity contribution in [3.8, 4) is 11.9 Å². The van der Waals surface area contributed by atoms with Gasteiger partial charge in [0.15, 0.2) is 5.78 Å². The Balaban J connectivity index is 2.22. The van der Waals surface area contributed by atoms with Crippen LogP contribution in [0.25, 0.3) is 6.08 Å². The van der Waals surface area contributed by atoms with E-state index in [2.05, 4.69) is 4.98 Å². The molecule has 0 amide bonds. The number of carbonyl (C=O) groups excluding carboxylic acids is 1. The maximum atomic E-state index is 12.2. The van der Waals surface area contributed by atoms with E-state index in [1.165, 1.54) is 7.11 Å². The quantitative estimate of drug-likeness (QED) is 0.613. The van der Waals surface area contributed by atoms with Gasteiger partial charge in [0.25, 0.3) is 0 Å². The summed E-state index contributed by atoms with van der Waals surface area (Å²) in [5.41, 5.74) is 0.759. The van der Waals surface area contributed by atoms with E-state index in [9.17, 15) is 4.79 Å². The van der Waals surface area contributed by atoms with Crippen LogP contribution in [-0.4, -0.2) is 17.9 Å². The van der Waals surface area contributed by atoms with Gasteiger partial charge in [-0.05, 0) is 25.0 Å². The molecule has 98 valence electrons. The van der Waals surface area contributed by atoms with Crippen LogP contribution in [0.15, 0.2) is 23.8 Å². The molecule has 0 atom stereocenters. The molecule has 1 saturated carbocycles. The standard InChI is InChI=1S/C15H16N2O2/c1-19-14-8-4-7-13(17-14)9-12(10-16)15(18)11-5-2-3-6-11/h4,7-9,11H,2-3,5-6H2,1H3/b12-9+. The number of hydrogen-bond donors (Lipinski definition) is 0. The van der Waals surface area contributed by atoms with E-state index in [1.54, 1.807) is 24.3 Å². The number of methoxy groups -OCH3 is 1. The van der Waals surface area contributed by atoms with Gasteiger partial charge in [0.2, 0.25) is 5.88 Å². The highest BCUT2D eigenvalue weighted by molar-refractivity contribution is 6.04. The zero-order valence-electron chi connectivity index (χ0n) is 10.9. The first-order valence-corrected chi connectivity index (χ1v) is 6.41. The first-order chi connectivity index (χ1) is 9.24.